The molecule has 3 nitrogen and oxygen atoms in total. The molecule has 1 N–H and O–H groups in total. The van der Waals surface area contributed by atoms with Crippen molar-refractivity contribution in [2.24, 2.45) is 0 Å². The van der Waals surface area contributed by atoms with Crippen LogP contribution in [0.5, 0.6) is 5.88 Å². The standard InChI is InChI=1S/C8H7F5N2O/c1-14-5-2-4(8(11,12)13)3-15-6(5)16-7(9)10/h2-3,7,14H,1H3. The summed E-state index contributed by atoms with van der Waals surface area (Å²) in [5, 5.41) is 2.29. The first-order valence-electron chi connectivity index (χ1n) is 4.04. The molecule has 16 heavy (non-hydrogen) atoms. The summed E-state index contributed by atoms with van der Waals surface area (Å²) < 4.78 is 64.4. The van der Waals surface area contributed by atoms with Crippen LogP contribution in [0.25, 0.3) is 0 Å². The minimum absolute atomic E-state index is 0.255. The van der Waals surface area contributed by atoms with E-state index in [0.29, 0.717) is 12.3 Å². The molecule has 1 aromatic rings. The summed E-state index contributed by atoms with van der Waals surface area (Å²) in [7, 11) is 1.27. The number of pyridine rings is 1. The number of hydrogen-bond acceptors (Lipinski definition) is 3. The van der Waals surface area contributed by atoms with Gasteiger partial charge in [-0.3, -0.25) is 0 Å². The van der Waals surface area contributed by atoms with Crippen LogP contribution in [0.3, 0.4) is 0 Å². The fourth-order valence-corrected chi connectivity index (χ4v) is 0.965. The third kappa shape index (κ3) is 2.94. The first-order valence-corrected chi connectivity index (χ1v) is 4.04. The van der Waals surface area contributed by atoms with Crippen molar-refractivity contribution in [2.45, 2.75) is 12.8 Å². The lowest BCUT2D eigenvalue weighted by Crippen LogP contribution is -2.10. The highest BCUT2D eigenvalue weighted by Crippen LogP contribution is 2.33. The zero-order valence-electron chi connectivity index (χ0n) is 7.98. The summed E-state index contributed by atoms with van der Waals surface area (Å²) in [5.74, 6) is -0.578. The van der Waals surface area contributed by atoms with E-state index in [1.165, 1.54) is 7.05 Å². The number of ether oxygens (including phenoxy) is 1. The molecule has 1 rings (SSSR count). The predicted octanol–water partition coefficient (Wildman–Crippen LogP) is 2.74. The molecule has 0 saturated heterocycles. The topological polar surface area (TPSA) is 34.2 Å². The number of alkyl halides is 5. The summed E-state index contributed by atoms with van der Waals surface area (Å²) in [4.78, 5) is 3.17. The van der Waals surface area contributed by atoms with Gasteiger partial charge in [0.1, 0.15) is 0 Å². The average molecular weight is 242 g/mol. The molecule has 0 atom stereocenters. The van der Waals surface area contributed by atoms with E-state index >= 15 is 0 Å². The normalized spacial score (nSPS) is 11.7. The predicted molar refractivity (Wildman–Crippen MR) is 45.4 cm³/mol. The van der Waals surface area contributed by atoms with Crippen molar-refractivity contribution in [1.29, 1.82) is 0 Å². The molecule has 0 unspecified atom stereocenters. The molecule has 0 aliphatic heterocycles. The number of halogens is 5. The van der Waals surface area contributed by atoms with Gasteiger partial charge < -0.3 is 10.1 Å². The molecular formula is C8H7F5N2O. The Morgan fingerprint density at radius 2 is 2.00 bits per heavy atom. The maximum absolute atomic E-state index is 12.2. The average Bonchev–Trinajstić information content (AvgIpc) is 2.15. The zero-order chi connectivity index (χ0) is 12.3. The van der Waals surface area contributed by atoms with Crippen LogP contribution in [0.2, 0.25) is 0 Å². The van der Waals surface area contributed by atoms with Crippen molar-refractivity contribution < 1.29 is 26.7 Å². The molecular weight excluding hydrogens is 235 g/mol. The second kappa shape index (κ2) is 4.50. The van der Waals surface area contributed by atoms with Crippen molar-refractivity contribution in [1.82, 2.24) is 4.98 Å². The molecule has 0 spiro atoms. The van der Waals surface area contributed by atoms with Gasteiger partial charge >= 0.3 is 12.8 Å². The Bertz CT molecular complexity index is 366. The molecule has 0 amide bonds. The molecule has 0 aliphatic carbocycles. The van der Waals surface area contributed by atoms with E-state index in [0.717, 1.165) is 0 Å². The van der Waals surface area contributed by atoms with Crippen LogP contribution in [0, 0.1) is 0 Å². The van der Waals surface area contributed by atoms with E-state index in [2.05, 4.69) is 15.0 Å². The van der Waals surface area contributed by atoms with E-state index in [4.69, 9.17) is 0 Å². The summed E-state index contributed by atoms with van der Waals surface area (Å²) in [5.41, 5.74) is -1.30. The lowest BCUT2D eigenvalue weighted by Gasteiger charge is -2.12. The molecule has 0 radical (unpaired) electrons. The number of nitrogens with zero attached hydrogens (tertiary/aromatic N) is 1. The minimum atomic E-state index is -4.58. The first-order chi connectivity index (χ1) is 7.34. The third-order valence-electron chi connectivity index (χ3n) is 1.65. The Kier molecular flexibility index (Phi) is 3.51. The van der Waals surface area contributed by atoms with Crippen molar-refractivity contribution in [3.63, 3.8) is 0 Å². The number of nitrogens with one attached hydrogen (secondary N) is 1. The Balaban J connectivity index is 3.07. The monoisotopic (exact) mass is 242 g/mol. The highest BCUT2D eigenvalue weighted by Gasteiger charge is 2.32. The smallest absolute Gasteiger partial charge is 0.415 e. The van der Waals surface area contributed by atoms with Crippen LogP contribution in [-0.2, 0) is 6.18 Å². The summed E-state index contributed by atoms with van der Waals surface area (Å²) in [6.07, 6.45) is -4.15. The molecule has 1 heterocycles. The van der Waals surface area contributed by atoms with Gasteiger partial charge in [0.05, 0.1) is 11.3 Å². The van der Waals surface area contributed by atoms with E-state index in [1.54, 1.807) is 0 Å². The van der Waals surface area contributed by atoms with E-state index in [9.17, 15) is 22.0 Å². The Morgan fingerprint density at radius 3 is 2.44 bits per heavy atom. The molecule has 0 saturated carbocycles. The second-order valence-corrected chi connectivity index (χ2v) is 2.70. The Hall–Kier alpha value is -1.60. The van der Waals surface area contributed by atoms with Gasteiger partial charge in [-0.05, 0) is 6.07 Å². The van der Waals surface area contributed by atoms with Crippen LogP contribution >= 0.6 is 0 Å². The second-order valence-electron chi connectivity index (χ2n) is 2.70. The van der Waals surface area contributed by atoms with E-state index in [1.807, 2.05) is 0 Å². The van der Waals surface area contributed by atoms with Crippen LogP contribution < -0.4 is 10.1 Å². The van der Waals surface area contributed by atoms with Crippen LogP contribution in [0.4, 0.5) is 27.6 Å². The Labute approximate surface area is 87.2 Å². The lowest BCUT2D eigenvalue weighted by atomic mass is 10.2. The van der Waals surface area contributed by atoms with E-state index in [-0.39, 0.29) is 5.69 Å². The van der Waals surface area contributed by atoms with Crippen LogP contribution in [0.1, 0.15) is 5.56 Å². The summed E-state index contributed by atoms with van der Waals surface area (Å²) >= 11 is 0. The summed E-state index contributed by atoms with van der Waals surface area (Å²) in [6, 6.07) is 0.644. The highest BCUT2D eigenvalue weighted by molar-refractivity contribution is 5.53. The molecule has 0 fully saturated rings. The molecule has 90 valence electrons. The van der Waals surface area contributed by atoms with E-state index < -0.39 is 24.2 Å². The van der Waals surface area contributed by atoms with Gasteiger partial charge in [-0.1, -0.05) is 0 Å². The van der Waals surface area contributed by atoms with Gasteiger partial charge in [0.15, 0.2) is 0 Å². The third-order valence-corrected chi connectivity index (χ3v) is 1.65. The van der Waals surface area contributed by atoms with Crippen molar-refractivity contribution in [2.75, 3.05) is 12.4 Å². The fraction of sp³-hybridized carbons (Fsp3) is 0.375. The number of hydrogen-bond donors (Lipinski definition) is 1. The van der Waals surface area contributed by atoms with Crippen molar-refractivity contribution in [3.05, 3.63) is 17.8 Å². The molecule has 0 aliphatic rings. The maximum Gasteiger partial charge on any atom is 0.417 e. The number of anilines is 1. The number of rotatable bonds is 3. The minimum Gasteiger partial charge on any atom is -0.415 e. The van der Waals surface area contributed by atoms with Crippen LogP contribution in [0.15, 0.2) is 12.3 Å². The van der Waals surface area contributed by atoms with Gasteiger partial charge in [0.25, 0.3) is 0 Å². The molecule has 1 aromatic heterocycles. The first kappa shape index (κ1) is 12.5. The molecule has 0 aromatic carbocycles. The lowest BCUT2D eigenvalue weighted by molar-refractivity contribution is -0.137. The zero-order valence-corrected chi connectivity index (χ0v) is 7.98. The molecule has 0 bridgehead atoms. The summed E-state index contributed by atoms with van der Waals surface area (Å²) in [6.45, 7) is -3.14. The Morgan fingerprint density at radius 1 is 1.38 bits per heavy atom. The maximum atomic E-state index is 12.2. The molecule has 8 heteroatoms. The van der Waals surface area contributed by atoms with Crippen molar-refractivity contribution >= 4 is 5.69 Å². The quantitative estimate of drug-likeness (QED) is 0.827. The highest BCUT2D eigenvalue weighted by atomic mass is 19.4. The van der Waals surface area contributed by atoms with Gasteiger partial charge in [-0.15, -0.1) is 0 Å². The SMILES string of the molecule is CNc1cc(C(F)(F)F)cnc1OC(F)F. The number of aromatic nitrogens is 1. The van der Waals surface area contributed by atoms with Gasteiger partial charge in [0.2, 0.25) is 5.88 Å². The largest absolute Gasteiger partial charge is 0.417 e. The van der Waals surface area contributed by atoms with Crippen molar-refractivity contribution in [3.8, 4) is 5.88 Å². The van der Waals surface area contributed by atoms with Gasteiger partial charge in [-0.25, -0.2) is 4.98 Å². The fourth-order valence-electron chi connectivity index (χ4n) is 0.965. The van der Waals surface area contributed by atoms with Gasteiger partial charge in [0, 0.05) is 13.2 Å². The van der Waals surface area contributed by atoms with Crippen LogP contribution in [-0.4, -0.2) is 18.6 Å². The van der Waals surface area contributed by atoms with Gasteiger partial charge in [-0.2, -0.15) is 22.0 Å².